The molecule has 1 aliphatic rings. The first-order chi connectivity index (χ1) is 10.5. The van der Waals surface area contributed by atoms with E-state index >= 15 is 0 Å². The van der Waals surface area contributed by atoms with Gasteiger partial charge in [-0.25, -0.2) is 4.79 Å². The Bertz CT molecular complexity index is 570. The van der Waals surface area contributed by atoms with Gasteiger partial charge in [-0.1, -0.05) is 0 Å². The van der Waals surface area contributed by atoms with Crippen molar-refractivity contribution in [3.8, 4) is 0 Å². The molecule has 0 atom stereocenters. The monoisotopic (exact) mass is 331 g/mol. The normalized spacial score (nSPS) is 16.7. The second kappa shape index (κ2) is 6.35. The van der Waals surface area contributed by atoms with Crippen LogP contribution < -0.4 is 0 Å². The minimum Gasteiger partial charge on any atom is -0.444 e. The number of pyridine rings is 1. The van der Waals surface area contributed by atoms with Gasteiger partial charge in [-0.05, 0) is 38.5 Å². The summed E-state index contributed by atoms with van der Waals surface area (Å²) >= 11 is 0. The summed E-state index contributed by atoms with van der Waals surface area (Å²) in [5.41, 5.74) is -0.964. The average Bonchev–Trinajstić information content (AvgIpc) is 2.85. The van der Waals surface area contributed by atoms with Gasteiger partial charge >= 0.3 is 12.3 Å². The van der Waals surface area contributed by atoms with Crippen LogP contribution in [-0.4, -0.2) is 46.2 Å². The van der Waals surface area contributed by atoms with Gasteiger partial charge in [0.2, 0.25) is 0 Å². The van der Waals surface area contributed by atoms with Crippen molar-refractivity contribution >= 4 is 6.09 Å². The smallest absolute Gasteiger partial charge is 0.433 e. The summed E-state index contributed by atoms with van der Waals surface area (Å²) in [6.07, 6.45) is -3.71. The third-order valence-corrected chi connectivity index (χ3v) is 3.23. The molecule has 2 rings (SSSR count). The van der Waals surface area contributed by atoms with E-state index < -0.39 is 23.6 Å². The van der Waals surface area contributed by atoms with Gasteiger partial charge in [0.15, 0.2) is 0 Å². The first kappa shape index (κ1) is 17.5. The molecule has 1 aromatic heterocycles. The Balaban J connectivity index is 1.95. The summed E-state index contributed by atoms with van der Waals surface area (Å²) in [4.78, 5) is 18.7. The molecule has 1 saturated heterocycles. The topological polar surface area (TPSA) is 45.7 Å². The Morgan fingerprint density at radius 1 is 1.30 bits per heavy atom. The van der Waals surface area contributed by atoms with Crippen LogP contribution in [-0.2, 0) is 17.5 Å². The number of hydrogen-bond donors (Lipinski definition) is 0. The highest BCUT2D eigenvalue weighted by molar-refractivity contribution is 5.68. The number of hydrogen-bond acceptors (Lipinski definition) is 4. The second-order valence-corrected chi connectivity index (χ2v) is 6.48. The molecule has 0 unspecified atom stereocenters. The van der Waals surface area contributed by atoms with Crippen molar-refractivity contribution in [2.75, 3.05) is 19.8 Å². The van der Waals surface area contributed by atoms with Gasteiger partial charge in [0.25, 0.3) is 0 Å². The Labute approximate surface area is 133 Å². The number of rotatable bonds is 2. The van der Waals surface area contributed by atoms with Gasteiger partial charge in [-0.15, -0.1) is 0 Å². The largest absolute Gasteiger partial charge is 0.444 e. The number of carbonyl (C=O) groups excluding carboxylic acids is 1. The summed E-state index contributed by atoms with van der Waals surface area (Å²) < 4.78 is 43.3. The Morgan fingerprint density at radius 2 is 2.00 bits per heavy atom. The molecule has 0 saturated carbocycles. The molecule has 23 heavy (non-hydrogen) atoms. The molecule has 128 valence electrons. The Morgan fingerprint density at radius 3 is 2.61 bits per heavy atom. The highest BCUT2D eigenvalue weighted by atomic mass is 19.4. The number of amides is 1. The summed E-state index contributed by atoms with van der Waals surface area (Å²) in [5.74, 6) is 0. The lowest BCUT2D eigenvalue weighted by Crippen LogP contribution is -2.36. The molecule has 0 radical (unpaired) electrons. The molecule has 0 aromatic carbocycles. The van der Waals surface area contributed by atoms with Crippen molar-refractivity contribution in [1.29, 1.82) is 0 Å². The van der Waals surface area contributed by atoms with Crippen molar-refractivity contribution in [3.05, 3.63) is 29.6 Å². The molecule has 2 heterocycles. The summed E-state index contributed by atoms with van der Waals surface area (Å²) in [6.45, 7) is 7.09. The minimum absolute atomic E-state index is 0.324. The molecule has 0 aliphatic carbocycles. The van der Waals surface area contributed by atoms with Crippen molar-refractivity contribution in [1.82, 2.24) is 14.8 Å². The van der Waals surface area contributed by atoms with Gasteiger partial charge in [0, 0.05) is 25.8 Å². The number of alkyl halides is 3. The fourth-order valence-corrected chi connectivity index (χ4v) is 2.24. The van der Waals surface area contributed by atoms with Crippen molar-refractivity contribution < 1.29 is 22.7 Å². The SMILES string of the molecule is CC(C)(C)OC(=O)N1CCN(Cc2ccnc(C(F)(F)F)c2)C1. The Hall–Kier alpha value is -1.83. The highest BCUT2D eigenvalue weighted by Gasteiger charge is 2.33. The number of halogens is 3. The highest BCUT2D eigenvalue weighted by Crippen LogP contribution is 2.28. The van der Waals surface area contributed by atoms with E-state index in [4.69, 9.17) is 4.74 Å². The summed E-state index contributed by atoms with van der Waals surface area (Å²) in [5, 5.41) is 0. The molecular weight excluding hydrogens is 311 g/mol. The molecule has 1 aliphatic heterocycles. The molecule has 8 heteroatoms. The van der Waals surface area contributed by atoms with Crippen molar-refractivity contribution in [3.63, 3.8) is 0 Å². The van der Waals surface area contributed by atoms with E-state index in [1.54, 1.807) is 26.8 Å². The van der Waals surface area contributed by atoms with Gasteiger partial charge < -0.3 is 4.74 Å². The third-order valence-electron chi connectivity index (χ3n) is 3.23. The number of carbonyl (C=O) groups is 1. The van der Waals surface area contributed by atoms with Gasteiger partial charge in [0.05, 0.1) is 6.67 Å². The van der Waals surface area contributed by atoms with Crippen LogP contribution in [0.4, 0.5) is 18.0 Å². The number of nitrogens with zero attached hydrogens (tertiary/aromatic N) is 3. The fourth-order valence-electron chi connectivity index (χ4n) is 2.24. The molecular formula is C15H20F3N3O2. The lowest BCUT2D eigenvalue weighted by molar-refractivity contribution is -0.141. The molecule has 0 N–H and O–H groups in total. The molecule has 1 aromatic rings. The van der Waals surface area contributed by atoms with E-state index in [0.29, 0.717) is 31.9 Å². The fraction of sp³-hybridized carbons (Fsp3) is 0.600. The minimum atomic E-state index is -4.45. The van der Waals surface area contributed by atoms with Crippen LogP contribution in [0, 0.1) is 0 Å². The molecule has 1 fully saturated rings. The van der Waals surface area contributed by atoms with Gasteiger partial charge in [-0.3, -0.25) is 14.8 Å². The zero-order chi connectivity index (χ0) is 17.3. The van der Waals surface area contributed by atoms with Crippen LogP contribution >= 0.6 is 0 Å². The first-order valence-electron chi connectivity index (χ1n) is 7.27. The maximum Gasteiger partial charge on any atom is 0.433 e. The van der Waals surface area contributed by atoms with E-state index in [-0.39, 0.29) is 0 Å². The standard InChI is InChI=1S/C15H20F3N3O2/c1-14(2,3)23-13(22)21-7-6-20(10-21)9-11-4-5-19-12(8-11)15(16,17)18/h4-5,8H,6-7,9-10H2,1-3H3. The Kier molecular flexibility index (Phi) is 4.84. The lowest BCUT2D eigenvalue weighted by Gasteiger charge is -2.24. The van der Waals surface area contributed by atoms with E-state index in [2.05, 4.69) is 4.98 Å². The third kappa shape index (κ3) is 5.09. The van der Waals surface area contributed by atoms with Crippen LogP contribution in [0.5, 0.6) is 0 Å². The van der Waals surface area contributed by atoms with Gasteiger partial charge in [-0.2, -0.15) is 13.2 Å². The predicted octanol–water partition coefficient (Wildman–Crippen LogP) is 3.11. The van der Waals surface area contributed by atoms with Gasteiger partial charge in [0.1, 0.15) is 11.3 Å². The maximum atomic E-state index is 12.7. The number of ether oxygens (including phenoxy) is 1. The van der Waals surface area contributed by atoms with Crippen LogP contribution in [0.2, 0.25) is 0 Å². The lowest BCUT2D eigenvalue weighted by atomic mass is 10.2. The summed E-state index contributed by atoms with van der Waals surface area (Å²) in [6, 6.07) is 2.58. The van der Waals surface area contributed by atoms with Crippen molar-refractivity contribution in [2.45, 2.75) is 39.1 Å². The van der Waals surface area contributed by atoms with Crippen LogP contribution in [0.3, 0.4) is 0 Å². The van der Waals surface area contributed by atoms with E-state index in [1.165, 1.54) is 4.90 Å². The number of aromatic nitrogens is 1. The van der Waals surface area contributed by atoms with Crippen LogP contribution in [0.1, 0.15) is 32.0 Å². The zero-order valence-corrected chi connectivity index (χ0v) is 13.4. The van der Waals surface area contributed by atoms with E-state index in [1.807, 2.05) is 4.90 Å². The average molecular weight is 331 g/mol. The molecule has 1 amide bonds. The van der Waals surface area contributed by atoms with E-state index in [9.17, 15) is 18.0 Å². The van der Waals surface area contributed by atoms with E-state index in [0.717, 1.165) is 12.3 Å². The molecule has 0 bridgehead atoms. The molecule has 0 spiro atoms. The maximum absolute atomic E-state index is 12.7. The first-order valence-corrected chi connectivity index (χ1v) is 7.27. The molecule has 5 nitrogen and oxygen atoms in total. The van der Waals surface area contributed by atoms with Crippen molar-refractivity contribution in [2.24, 2.45) is 0 Å². The quantitative estimate of drug-likeness (QED) is 0.835. The predicted molar refractivity (Wildman–Crippen MR) is 77.5 cm³/mol. The second-order valence-electron chi connectivity index (χ2n) is 6.48. The van der Waals surface area contributed by atoms with Crippen LogP contribution in [0.15, 0.2) is 18.3 Å². The summed E-state index contributed by atoms with van der Waals surface area (Å²) in [7, 11) is 0. The van der Waals surface area contributed by atoms with Crippen LogP contribution in [0.25, 0.3) is 0 Å². The zero-order valence-electron chi connectivity index (χ0n) is 13.4.